The van der Waals surface area contributed by atoms with Gasteiger partial charge in [0.05, 0.1) is 21.1 Å². The van der Waals surface area contributed by atoms with Crippen molar-refractivity contribution in [1.29, 1.82) is 0 Å². The van der Waals surface area contributed by atoms with Crippen LogP contribution in [0.4, 0.5) is 0 Å². The molecule has 2 aromatic carbocycles. The minimum Gasteiger partial charge on any atom is -0.486 e. The van der Waals surface area contributed by atoms with Crippen LogP contribution in [0, 0.1) is 6.92 Å². The van der Waals surface area contributed by atoms with Crippen LogP contribution < -0.4 is 4.74 Å². The third-order valence-corrected chi connectivity index (χ3v) is 3.77. The summed E-state index contributed by atoms with van der Waals surface area (Å²) < 4.78 is 5.66. The summed E-state index contributed by atoms with van der Waals surface area (Å²) in [5.74, 6) is 1.44. The van der Waals surface area contributed by atoms with E-state index in [4.69, 9.17) is 27.9 Å². The molecule has 1 aromatic heterocycles. The zero-order valence-electron chi connectivity index (χ0n) is 10.8. The van der Waals surface area contributed by atoms with E-state index in [0.29, 0.717) is 22.4 Å². The number of hydrogen-bond acceptors (Lipinski definition) is 2. The molecule has 0 aliphatic rings. The van der Waals surface area contributed by atoms with Gasteiger partial charge in [0.2, 0.25) is 0 Å². The van der Waals surface area contributed by atoms with Gasteiger partial charge in [0.25, 0.3) is 0 Å². The molecule has 5 heteroatoms. The minimum atomic E-state index is 0.353. The fraction of sp³-hybridized carbons (Fsp3) is 0.133. The Labute approximate surface area is 126 Å². The monoisotopic (exact) mass is 306 g/mol. The van der Waals surface area contributed by atoms with Gasteiger partial charge in [-0.05, 0) is 30.7 Å². The van der Waals surface area contributed by atoms with E-state index in [1.54, 1.807) is 18.2 Å². The van der Waals surface area contributed by atoms with Gasteiger partial charge < -0.3 is 9.72 Å². The Morgan fingerprint density at radius 1 is 1.15 bits per heavy atom. The molecule has 0 aliphatic heterocycles. The highest BCUT2D eigenvalue weighted by molar-refractivity contribution is 6.42. The average molecular weight is 307 g/mol. The van der Waals surface area contributed by atoms with Crippen molar-refractivity contribution in [2.24, 2.45) is 0 Å². The third kappa shape index (κ3) is 2.60. The fourth-order valence-corrected chi connectivity index (χ4v) is 2.30. The highest BCUT2D eigenvalue weighted by Crippen LogP contribution is 2.26. The number of halogens is 2. The molecule has 0 saturated carbocycles. The second-order valence-electron chi connectivity index (χ2n) is 4.52. The number of ether oxygens (including phenoxy) is 1. The van der Waals surface area contributed by atoms with Gasteiger partial charge in [-0.15, -0.1) is 0 Å². The van der Waals surface area contributed by atoms with E-state index >= 15 is 0 Å². The predicted molar refractivity (Wildman–Crippen MR) is 81.6 cm³/mol. The van der Waals surface area contributed by atoms with E-state index in [-0.39, 0.29) is 0 Å². The van der Waals surface area contributed by atoms with E-state index in [1.165, 1.54) is 0 Å². The van der Waals surface area contributed by atoms with Crippen LogP contribution in [-0.2, 0) is 6.61 Å². The number of aryl methyl sites for hydroxylation is 1. The number of H-pyrrole nitrogens is 1. The fourth-order valence-electron chi connectivity index (χ4n) is 2.01. The van der Waals surface area contributed by atoms with Gasteiger partial charge in [-0.2, -0.15) is 0 Å². The Morgan fingerprint density at radius 2 is 2.00 bits per heavy atom. The van der Waals surface area contributed by atoms with E-state index in [0.717, 1.165) is 22.4 Å². The van der Waals surface area contributed by atoms with Crippen molar-refractivity contribution in [2.75, 3.05) is 0 Å². The first-order chi connectivity index (χ1) is 9.63. The molecule has 0 amide bonds. The van der Waals surface area contributed by atoms with Gasteiger partial charge in [-0.3, -0.25) is 0 Å². The van der Waals surface area contributed by atoms with E-state index in [2.05, 4.69) is 9.97 Å². The van der Waals surface area contributed by atoms with Crippen molar-refractivity contribution in [3.05, 3.63) is 57.8 Å². The average Bonchev–Trinajstić information content (AvgIpc) is 2.85. The lowest BCUT2D eigenvalue weighted by molar-refractivity contribution is 0.297. The third-order valence-electron chi connectivity index (χ3n) is 3.03. The topological polar surface area (TPSA) is 37.9 Å². The molecule has 102 valence electrons. The molecule has 1 heterocycles. The van der Waals surface area contributed by atoms with Gasteiger partial charge >= 0.3 is 0 Å². The molecule has 0 unspecified atom stereocenters. The summed E-state index contributed by atoms with van der Waals surface area (Å²) >= 11 is 11.8. The van der Waals surface area contributed by atoms with Gasteiger partial charge in [0, 0.05) is 6.07 Å². The van der Waals surface area contributed by atoms with Crippen LogP contribution in [0.3, 0.4) is 0 Å². The Morgan fingerprint density at radius 3 is 2.75 bits per heavy atom. The van der Waals surface area contributed by atoms with Gasteiger partial charge in [-0.25, -0.2) is 4.98 Å². The first-order valence-electron chi connectivity index (χ1n) is 6.15. The maximum atomic E-state index is 5.95. The first kappa shape index (κ1) is 13.3. The second kappa shape index (κ2) is 5.35. The zero-order chi connectivity index (χ0) is 14.1. The Bertz CT molecular complexity index is 768. The van der Waals surface area contributed by atoms with Gasteiger partial charge in [0.1, 0.15) is 18.2 Å². The SMILES string of the molecule is Cc1cccc2[nH]c(COc3ccc(Cl)c(Cl)c3)nc12. The van der Waals surface area contributed by atoms with Crippen molar-refractivity contribution >= 4 is 34.2 Å². The number of para-hydroxylation sites is 1. The number of aromatic amines is 1. The summed E-state index contributed by atoms with van der Waals surface area (Å²) in [7, 11) is 0. The predicted octanol–water partition coefficient (Wildman–Crippen LogP) is 4.76. The number of nitrogens with zero attached hydrogens (tertiary/aromatic N) is 1. The standard InChI is InChI=1S/C15H12Cl2N2O/c1-9-3-2-4-13-15(9)19-14(18-13)8-20-10-5-6-11(16)12(17)7-10/h2-7H,8H2,1H3,(H,18,19). The molecule has 20 heavy (non-hydrogen) atoms. The van der Waals surface area contributed by atoms with Crippen LogP contribution >= 0.6 is 23.2 Å². The highest BCUT2D eigenvalue weighted by Gasteiger charge is 2.06. The lowest BCUT2D eigenvalue weighted by Gasteiger charge is -2.05. The van der Waals surface area contributed by atoms with Crippen LogP contribution in [0.5, 0.6) is 5.75 Å². The van der Waals surface area contributed by atoms with Crippen LogP contribution in [0.25, 0.3) is 11.0 Å². The first-order valence-corrected chi connectivity index (χ1v) is 6.91. The maximum Gasteiger partial charge on any atom is 0.146 e. The quantitative estimate of drug-likeness (QED) is 0.757. The summed E-state index contributed by atoms with van der Waals surface area (Å²) in [6.45, 7) is 2.39. The molecule has 0 saturated heterocycles. The van der Waals surface area contributed by atoms with Crippen molar-refractivity contribution in [3.63, 3.8) is 0 Å². The number of rotatable bonds is 3. The van der Waals surface area contributed by atoms with Crippen LogP contribution in [0.2, 0.25) is 10.0 Å². The molecule has 0 aliphatic carbocycles. The lowest BCUT2D eigenvalue weighted by Crippen LogP contribution is -1.97. The number of fused-ring (bicyclic) bond motifs is 1. The summed E-state index contributed by atoms with van der Waals surface area (Å²) in [5, 5.41) is 0.989. The smallest absolute Gasteiger partial charge is 0.146 e. The molecule has 0 radical (unpaired) electrons. The minimum absolute atomic E-state index is 0.353. The summed E-state index contributed by atoms with van der Waals surface area (Å²) in [5.41, 5.74) is 3.12. The van der Waals surface area contributed by atoms with Crippen LogP contribution in [0.15, 0.2) is 36.4 Å². The Kier molecular flexibility index (Phi) is 3.55. The molecule has 0 atom stereocenters. The molecular weight excluding hydrogens is 295 g/mol. The molecular formula is C15H12Cl2N2O. The van der Waals surface area contributed by atoms with Crippen molar-refractivity contribution < 1.29 is 4.74 Å². The van der Waals surface area contributed by atoms with Gasteiger partial charge in [0.15, 0.2) is 0 Å². The normalized spacial score (nSPS) is 10.9. The molecule has 3 aromatic rings. The summed E-state index contributed by atoms with van der Waals surface area (Å²) in [6.07, 6.45) is 0. The Hall–Kier alpha value is -1.71. The zero-order valence-corrected chi connectivity index (χ0v) is 12.3. The number of benzene rings is 2. The van der Waals surface area contributed by atoms with E-state index in [1.807, 2.05) is 25.1 Å². The van der Waals surface area contributed by atoms with E-state index in [9.17, 15) is 0 Å². The second-order valence-corrected chi connectivity index (χ2v) is 5.33. The van der Waals surface area contributed by atoms with Crippen LogP contribution in [0.1, 0.15) is 11.4 Å². The summed E-state index contributed by atoms with van der Waals surface area (Å²) in [4.78, 5) is 7.77. The lowest BCUT2D eigenvalue weighted by atomic mass is 10.2. The highest BCUT2D eigenvalue weighted by atomic mass is 35.5. The largest absolute Gasteiger partial charge is 0.486 e. The van der Waals surface area contributed by atoms with Crippen LogP contribution in [-0.4, -0.2) is 9.97 Å². The van der Waals surface area contributed by atoms with Crippen molar-refractivity contribution in [1.82, 2.24) is 9.97 Å². The molecule has 0 bridgehead atoms. The maximum absolute atomic E-state index is 5.95. The van der Waals surface area contributed by atoms with Gasteiger partial charge in [-0.1, -0.05) is 35.3 Å². The molecule has 0 spiro atoms. The molecule has 0 fully saturated rings. The number of imidazole rings is 1. The molecule has 3 rings (SSSR count). The Balaban J connectivity index is 1.79. The number of aromatic nitrogens is 2. The summed E-state index contributed by atoms with van der Waals surface area (Å²) in [6, 6.07) is 11.2. The van der Waals surface area contributed by atoms with Crippen molar-refractivity contribution in [2.45, 2.75) is 13.5 Å². The van der Waals surface area contributed by atoms with E-state index < -0.39 is 0 Å². The molecule has 1 N–H and O–H groups in total. The molecule has 3 nitrogen and oxygen atoms in total. The van der Waals surface area contributed by atoms with Crippen molar-refractivity contribution in [3.8, 4) is 5.75 Å². The number of hydrogen-bond donors (Lipinski definition) is 1. The number of nitrogens with one attached hydrogen (secondary N) is 1.